The number of carbonyl (C=O) groups is 1. The number of ether oxygens (including phenoxy) is 1. The van der Waals surface area contributed by atoms with Crippen LogP contribution in [0.25, 0.3) is 0 Å². The Hall–Kier alpha value is -0.840. The molecule has 4 nitrogen and oxygen atoms in total. The van der Waals surface area contributed by atoms with Crippen LogP contribution in [0.2, 0.25) is 0 Å². The average molecular weight is 345 g/mol. The third-order valence-corrected chi connectivity index (χ3v) is 3.96. The van der Waals surface area contributed by atoms with Gasteiger partial charge in [-0.2, -0.15) is 0 Å². The van der Waals surface area contributed by atoms with Crippen molar-refractivity contribution in [3.63, 3.8) is 0 Å². The summed E-state index contributed by atoms with van der Waals surface area (Å²) in [6.07, 6.45) is 7.79. The lowest BCUT2D eigenvalue weighted by Gasteiger charge is -2.31. The molecule has 2 aliphatic rings. The molecule has 20 heavy (non-hydrogen) atoms. The van der Waals surface area contributed by atoms with Crippen molar-refractivity contribution in [2.45, 2.75) is 45.6 Å². The zero-order valence-corrected chi connectivity index (χ0v) is 14.3. The van der Waals surface area contributed by atoms with Gasteiger partial charge in [-0.15, -0.1) is 0 Å². The van der Waals surface area contributed by atoms with Crippen LogP contribution >= 0.6 is 0 Å². The Morgan fingerprint density at radius 3 is 2.60 bits per heavy atom. The lowest BCUT2D eigenvalue weighted by Crippen LogP contribution is -3.00. The van der Waals surface area contributed by atoms with Gasteiger partial charge < -0.3 is 26.6 Å². The third kappa shape index (κ3) is 4.08. The van der Waals surface area contributed by atoms with E-state index < -0.39 is 0 Å². The molecule has 2 heterocycles. The molecule has 1 saturated heterocycles. The molecule has 2 rings (SSSR count). The second-order valence-corrected chi connectivity index (χ2v) is 5.92. The van der Waals surface area contributed by atoms with Crippen molar-refractivity contribution >= 4 is 12.2 Å². The van der Waals surface area contributed by atoms with Gasteiger partial charge in [0.05, 0.1) is 13.0 Å². The summed E-state index contributed by atoms with van der Waals surface area (Å²) in [4.78, 5) is 14.1. The predicted octanol–water partition coefficient (Wildman–Crippen LogP) is -1.20. The monoisotopic (exact) mass is 344 g/mol. The Balaban J connectivity index is 0.00000200. The molecule has 0 atom stereocenters. The smallest absolute Gasteiger partial charge is 0.372 e. The topological polar surface area (TPSA) is 32.6 Å². The van der Waals surface area contributed by atoms with Crippen molar-refractivity contribution in [1.82, 2.24) is 4.90 Å². The van der Waals surface area contributed by atoms with E-state index in [1.807, 2.05) is 13.1 Å². The third-order valence-electron chi connectivity index (χ3n) is 3.96. The fraction of sp³-hybridized carbons (Fsp3) is 0.733. The van der Waals surface area contributed by atoms with Crippen molar-refractivity contribution in [2.24, 2.45) is 0 Å². The molecule has 0 aromatic rings. The first-order chi connectivity index (χ1) is 9.03. The number of hydrogen-bond acceptors (Lipinski definition) is 3. The fourth-order valence-electron chi connectivity index (χ4n) is 2.82. The van der Waals surface area contributed by atoms with Gasteiger partial charge in [0.2, 0.25) is 6.54 Å². The Labute approximate surface area is 132 Å². The van der Waals surface area contributed by atoms with Crippen LogP contribution in [-0.2, 0) is 9.53 Å². The van der Waals surface area contributed by atoms with Gasteiger partial charge in [0, 0.05) is 38.7 Å². The molecule has 0 bridgehead atoms. The summed E-state index contributed by atoms with van der Waals surface area (Å²) in [5, 5.41) is 0. The van der Waals surface area contributed by atoms with E-state index in [-0.39, 0.29) is 28.5 Å². The van der Waals surface area contributed by atoms with Crippen LogP contribution in [0, 0.1) is 0 Å². The van der Waals surface area contributed by atoms with Crippen LogP contribution in [0.15, 0.2) is 11.8 Å². The summed E-state index contributed by atoms with van der Waals surface area (Å²) in [7, 11) is 0. The minimum Gasteiger partial charge on any atom is -1.00 e. The number of carbonyl (C=O) groups excluding carboxylic acids is 1. The molecule has 0 spiro atoms. The number of hydrogen-bond donors (Lipinski definition) is 0. The maximum atomic E-state index is 11.6. The minimum absolute atomic E-state index is 0. The number of likely N-dealkylation sites (tertiary alicyclic amines) is 1. The van der Waals surface area contributed by atoms with Crippen LogP contribution in [-0.4, -0.2) is 53.4 Å². The van der Waals surface area contributed by atoms with E-state index >= 15 is 0 Å². The molecule has 114 valence electrons. The number of halogens is 1. The van der Waals surface area contributed by atoms with Gasteiger partial charge >= 0.3 is 5.97 Å². The largest absolute Gasteiger partial charge is 1.00 e. The zero-order chi connectivity index (χ0) is 13.9. The Bertz CT molecular complexity index is 410. The van der Waals surface area contributed by atoms with Crippen LogP contribution in [0.5, 0.6) is 0 Å². The Kier molecular flexibility index (Phi) is 6.24. The summed E-state index contributed by atoms with van der Waals surface area (Å²) in [6, 6.07) is 0. The van der Waals surface area contributed by atoms with Gasteiger partial charge in [-0.25, -0.2) is 9.37 Å². The molecule has 0 aliphatic carbocycles. The summed E-state index contributed by atoms with van der Waals surface area (Å²) < 4.78 is 7.12. The molecule has 0 saturated carbocycles. The first-order valence-electron chi connectivity index (χ1n) is 7.24. The molecular weight excluding hydrogens is 320 g/mol. The molecule has 5 heteroatoms. The maximum Gasteiger partial charge on any atom is 0.372 e. The van der Waals surface area contributed by atoms with Gasteiger partial charge in [-0.05, 0) is 19.8 Å². The molecule has 0 amide bonds. The van der Waals surface area contributed by atoms with E-state index in [9.17, 15) is 4.79 Å². The van der Waals surface area contributed by atoms with Crippen LogP contribution < -0.4 is 17.0 Å². The summed E-state index contributed by atoms with van der Waals surface area (Å²) in [5.41, 5.74) is 1.38. The zero-order valence-electron chi connectivity index (χ0n) is 12.7. The summed E-state index contributed by atoms with van der Waals surface area (Å²) in [5.74, 6) is -0.148. The van der Waals surface area contributed by atoms with Crippen molar-refractivity contribution in [3.8, 4) is 0 Å². The minimum atomic E-state index is -0.148. The fourth-order valence-corrected chi connectivity index (χ4v) is 2.82. The van der Waals surface area contributed by atoms with Gasteiger partial charge in [-0.1, -0.05) is 0 Å². The highest BCUT2D eigenvalue weighted by atomic mass is 79.9. The van der Waals surface area contributed by atoms with Crippen LogP contribution in [0.3, 0.4) is 0 Å². The van der Waals surface area contributed by atoms with E-state index in [4.69, 9.17) is 4.74 Å². The van der Waals surface area contributed by atoms with Crippen molar-refractivity contribution < 1.29 is 31.1 Å². The quantitative estimate of drug-likeness (QED) is 0.474. The Morgan fingerprint density at radius 1 is 1.40 bits per heavy atom. The van der Waals surface area contributed by atoms with Gasteiger partial charge in [0.25, 0.3) is 0 Å². The predicted molar refractivity (Wildman–Crippen MR) is 75.4 cm³/mol. The van der Waals surface area contributed by atoms with E-state index in [0.29, 0.717) is 13.2 Å². The maximum absolute atomic E-state index is 11.6. The molecule has 0 aromatic heterocycles. The number of allylic oxidation sites excluding steroid dienone is 1. The van der Waals surface area contributed by atoms with Gasteiger partial charge in [-0.3, -0.25) is 0 Å². The van der Waals surface area contributed by atoms with Crippen LogP contribution in [0.4, 0.5) is 0 Å². The molecule has 1 fully saturated rings. The molecule has 0 unspecified atom stereocenters. The lowest BCUT2D eigenvalue weighted by molar-refractivity contribution is -0.589. The molecule has 0 aromatic carbocycles. The summed E-state index contributed by atoms with van der Waals surface area (Å²) >= 11 is 0. The highest BCUT2D eigenvalue weighted by Crippen LogP contribution is 2.27. The molecule has 2 aliphatic heterocycles. The van der Waals surface area contributed by atoms with Crippen molar-refractivity contribution in [2.75, 3.05) is 26.2 Å². The number of esters is 1. The SMILES string of the molecule is CCOC(=O)C[N+]1=CC=C(N2CCCC2)CC1(C)C.[Br-]. The Morgan fingerprint density at radius 2 is 2.05 bits per heavy atom. The standard InChI is InChI=1S/C15H25N2O2.BrH/c1-4-19-14(18)12-17-10-7-13(11-15(17,2)3)16-8-5-6-9-16;/h7,10H,4-6,8-9,11-12H2,1-3H3;1H/q+1;/p-1. The van der Waals surface area contributed by atoms with Gasteiger partial charge in [0.15, 0.2) is 11.8 Å². The normalized spacial score (nSPS) is 20.9. The highest BCUT2D eigenvalue weighted by molar-refractivity contribution is 5.73. The number of rotatable bonds is 4. The lowest BCUT2D eigenvalue weighted by atomic mass is 9.94. The van der Waals surface area contributed by atoms with E-state index in [2.05, 4.69) is 29.4 Å². The average Bonchev–Trinajstić information content (AvgIpc) is 2.85. The molecule has 0 N–H and O–H groups in total. The highest BCUT2D eigenvalue weighted by Gasteiger charge is 2.37. The van der Waals surface area contributed by atoms with Gasteiger partial charge in [0.1, 0.15) is 0 Å². The molecular formula is C15H25BrN2O2. The number of nitrogens with zero attached hydrogens (tertiary/aromatic N) is 2. The van der Waals surface area contributed by atoms with E-state index in [0.717, 1.165) is 6.42 Å². The van der Waals surface area contributed by atoms with E-state index in [1.54, 1.807) is 0 Å². The summed E-state index contributed by atoms with van der Waals surface area (Å²) in [6.45, 7) is 9.35. The first-order valence-corrected chi connectivity index (χ1v) is 7.24. The second-order valence-electron chi connectivity index (χ2n) is 5.92. The van der Waals surface area contributed by atoms with Crippen molar-refractivity contribution in [3.05, 3.63) is 11.8 Å². The van der Waals surface area contributed by atoms with E-state index in [1.165, 1.54) is 31.6 Å². The van der Waals surface area contributed by atoms with Crippen molar-refractivity contribution in [1.29, 1.82) is 0 Å². The first kappa shape index (κ1) is 17.2. The molecule has 0 radical (unpaired) electrons. The van der Waals surface area contributed by atoms with Crippen LogP contribution in [0.1, 0.15) is 40.0 Å². The second kappa shape index (κ2) is 7.25.